The zero-order chi connectivity index (χ0) is 22.6. The quantitative estimate of drug-likeness (QED) is 0.218. The Hall–Kier alpha value is -1.51. The third kappa shape index (κ3) is 6.02. The van der Waals surface area contributed by atoms with Gasteiger partial charge in [-0.25, -0.2) is 4.79 Å². The first kappa shape index (κ1) is 24.8. The summed E-state index contributed by atoms with van der Waals surface area (Å²) in [5.41, 5.74) is 0.880. The van der Waals surface area contributed by atoms with E-state index in [4.69, 9.17) is 51.1 Å². The van der Waals surface area contributed by atoms with Crippen molar-refractivity contribution in [1.82, 2.24) is 5.32 Å². The molecule has 2 rings (SSSR count). The summed E-state index contributed by atoms with van der Waals surface area (Å²) in [4.78, 5) is 37.4. The normalized spacial score (nSPS) is 12.2. The third-order valence-corrected chi connectivity index (χ3v) is 6.16. The first-order valence-corrected chi connectivity index (χ1v) is 11.0. The van der Waals surface area contributed by atoms with Gasteiger partial charge in [0, 0.05) is 10.6 Å². The Kier molecular flexibility index (Phi) is 8.42. The number of alkyl halides is 3. The van der Waals surface area contributed by atoms with E-state index in [0.717, 1.165) is 11.3 Å². The molecule has 0 fully saturated rings. The Morgan fingerprint density at radius 2 is 1.77 bits per heavy atom. The molecule has 2 aromatic rings. The highest BCUT2D eigenvalue weighted by molar-refractivity contribution is 7.18. The van der Waals surface area contributed by atoms with Gasteiger partial charge >= 0.3 is 5.97 Å². The Morgan fingerprint density at radius 3 is 2.27 bits per heavy atom. The van der Waals surface area contributed by atoms with Gasteiger partial charge in [0.2, 0.25) is 3.79 Å². The molecule has 0 saturated heterocycles. The van der Waals surface area contributed by atoms with E-state index in [9.17, 15) is 14.4 Å². The third-order valence-electron chi connectivity index (χ3n) is 3.93. The van der Waals surface area contributed by atoms with E-state index in [-0.39, 0.29) is 28.5 Å². The summed E-state index contributed by atoms with van der Waals surface area (Å²) in [6.45, 7) is 4.81. The highest BCUT2D eigenvalue weighted by Crippen LogP contribution is 2.38. The van der Waals surface area contributed by atoms with Gasteiger partial charge in [-0.05, 0) is 50.6 Å². The fourth-order valence-electron chi connectivity index (χ4n) is 2.55. The van der Waals surface area contributed by atoms with Crippen molar-refractivity contribution in [3.63, 3.8) is 0 Å². The van der Waals surface area contributed by atoms with Gasteiger partial charge in [0.1, 0.15) is 11.2 Å². The van der Waals surface area contributed by atoms with E-state index < -0.39 is 21.8 Å². The molecule has 1 aromatic carbocycles. The number of anilines is 1. The number of carbonyl (C=O) groups is 3. The van der Waals surface area contributed by atoms with Gasteiger partial charge in [-0.15, -0.1) is 11.3 Å². The zero-order valence-corrected chi connectivity index (χ0v) is 20.0. The maximum absolute atomic E-state index is 12.6. The van der Waals surface area contributed by atoms with Gasteiger partial charge < -0.3 is 15.4 Å². The van der Waals surface area contributed by atoms with Crippen LogP contribution in [0.5, 0.6) is 0 Å². The number of Topliss-reactive ketones (excluding diaryl/α,β-unsaturated/α-hetero) is 1. The minimum absolute atomic E-state index is 0.143. The SMILES string of the molecule is CCOC(=O)c1c(N[C@H](NC(=O)c2ccc(Cl)cc2)C(Cl)(Cl)Cl)sc(C(C)=O)c1C. The first-order valence-electron chi connectivity index (χ1n) is 8.66. The lowest BCUT2D eigenvalue weighted by Crippen LogP contribution is -2.49. The van der Waals surface area contributed by atoms with E-state index in [2.05, 4.69) is 10.6 Å². The number of amides is 1. The highest BCUT2D eigenvalue weighted by atomic mass is 35.6. The molecule has 0 aliphatic carbocycles. The lowest BCUT2D eigenvalue weighted by molar-refractivity contribution is 0.0527. The van der Waals surface area contributed by atoms with Gasteiger partial charge in [-0.1, -0.05) is 46.4 Å². The molecule has 0 aliphatic rings. The Labute approximate surface area is 197 Å². The number of hydrogen-bond acceptors (Lipinski definition) is 6. The molecule has 0 aliphatic heterocycles. The van der Waals surface area contributed by atoms with Gasteiger partial charge in [0.25, 0.3) is 5.91 Å². The molecule has 0 radical (unpaired) electrons. The molecule has 0 bridgehead atoms. The summed E-state index contributed by atoms with van der Waals surface area (Å²) in [7, 11) is 0. The summed E-state index contributed by atoms with van der Waals surface area (Å²) in [5.74, 6) is -1.40. The zero-order valence-electron chi connectivity index (χ0n) is 16.1. The van der Waals surface area contributed by atoms with E-state index in [0.29, 0.717) is 15.5 Å². The summed E-state index contributed by atoms with van der Waals surface area (Å²) < 4.78 is 3.11. The van der Waals surface area contributed by atoms with Crippen molar-refractivity contribution in [3.05, 3.63) is 50.9 Å². The number of halogens is 4. The number of hydrogen-bond donors (Lipinski definition) is 2. The molecule has 0 saturated carbocycles. The minimum Gasteiger partial charge on any atom is -0.462 e. The van der Waals surface area contributed by atoms with Crippen molar-refractivity contribution >= 4 is 80.4 Å². The predicted octanol–water partition coefficient (Wildman–Crippen LogP) is 5.63. The molecule has 0 unspecified atom stereocenters. The van der Waals surface area contributed by atoms with Crippen LogP contribution < -0.4 is 10.6 Å². The molecule has 30 heavy (non-hydrogen) atoms. The van der Waals surface area contributed by atoms with E-state index in [1.54, 1.807) is 26.0 Å². The van der Waals surface area contributed by atoms with E-state index in [1.165, 1.54) is 19.1 Å². The molecule has 1 heterocycles. The fraction of sp³-hybridized carbons (Fsp3) is 0.316. The second-order valence-electron chi connectivity index (χ2n) is 6.14. The van der Waals surface area contributed by atoms with Crippen LogP contribution in [-0.2, 0) is 4.74 Å². The van der Waals surface area contributed by atoms with Crippen molar-refractivity contribution in [2.24, 2.45) is 0 Å². The Balaban J connectivity index is 2.40. The van der Waals surface area contributed by atoms with Crippen LogP contribution in [-0.4, -0.2) is 34.2 Å². The van der Waals surface area contributed by atoms with Crippen LogP contribution in [0.3, 0.4) is 0 Å². The summed E-state index contributed by atoms with van der Waals surface area (Å²) in [5, 5.41) is 6.15. The number of nitrogens with one attached hydrogen (secondary N) is 2. The Morgan fingerprint density at radius 1 is 1.17 bits per heavy atom. The van der Waals surface area contributed by atoms with Gasteiger partial charge in [0.05, 0.1) is 17.0 Å². The molecule has 11 heteroatoms. The average Bonchev–Trinajstić information content (AvgIpc) is 2.97. The number of thiophene rings is 1. The smallest absolute Gasteiger partial charge is 0.341 e. The van der Waals surface area contributed by atoms with E-state index in [1.807, 2.05) is 0 Å². The lowest BCUT2D eigenvalue weighted by Gasteiger charge is -2.27. The van der Waals surface area contributed by atoms with Crippen LogP contribution in [0, 0.1) is 6.92 Å². The van der Waals surface area contributed by atoms with Crippen LogP contribution in [0.15, 0.2) is 24.3 Å². The summed E-state index contributed by atoms with van der Waals surface area (Å²) in [6, 6.07) is 6.13. The second kappa shape index (κ2) is 10.2. The minimum atomic E-state index is -1.98. The number of esters is 1. The monoisotopic (exact) mass is 510 g/mol. The van der Waals surface area contributed by atoms with Crippen molar-refractivity contribution in [2.45, 2.75) is 30.7 Å². The maximum Gasteiger partial charge on any atom is 0.341 e. The lowest BCUT2D eigenvalue weighted by atomic mass is 10.1. The molecular weight excluding hydrogens is 494 g/mol. The number of ketones is 1. The van der Waals surface area contributed by atoms with Crippen LogP contribution in [0.1, 0.15) is 49.8 Å². The van der Waals surface area contributed by atoms with Crippen LogP contribution in [0.2, 0.25) is 5.02 Å². The molecule has 6 nitrogen and oxygen atoms in total. The molecule has 1 aromatic heterocycles. The average molecular weight is 512 g/mol. The number of benzene rings is 1. The molecule has 162 valence electrons. The van der Waals surface area contributed by atoms with E-state index >= 15 is 0 Å². The largest absolute Gasteiger partial charge is 0.462 e. The maximum atomic E-state index is 12.6. The van der Waals surface area contributed by atoms with Crippen molar-refractivity contribution < 1.29 is 19.1 Å². The first-order chi connectivity index (χ1) is 14.0. The number of carbonyl (C=O) groups excluding carboxylic acids is 3. The van der Waals surface area contributed by atoms with Crippen molar-refractivity contribution in [2.75, 3.05) is 11.9 Å². The number of ether oxygens (including phenoxy) is 1. The fourth-order valence-corrected chi connectivity index (χ4v) is 4.12. The van der Waals surface area contributed by atoms with Crippen LogP contribution in [0.25, 0.3) is 0 Å². The molecule has 2 N–H and O–H groups in total. The summed E-state index contributed by atoms with van der Waals surface area (Å²) in [6.07, 6.45) is -1.23. The molecule has 1 amide bonds. The van der Waals surface area contributed by atoms with Gasteiger partial charge in [0.15, 0.2) is 5.78 Å². The molecule has 0 spiro atoms. The summed E-state index contributed by atoms with van der Waals surface area (Å²) >= 11 is 25.0. The number of rotatable bonds is 7. The van der Waals surface area contributed by atoms with Crippen molar-refractivity contribution in [3.8, 4) is 0 Å². The Bertz CT molecular complexity index is 955. The second-order valence-corrected chi connectivity index (χ2v) is 9.96. The molecule has 1 atom stereocenters. The topological polar surface area (TPSA) is 84.5 Å². The van der Waals surface area contributed by atoms with Gasteiger partial charge in [-0.2, -0.15) is 0 Å². The van der Waals surface area contributed by atoms with Gasteiger partial charge in [-0.3, -0.25) is 9.59 Å². The van der Waals surface area contributed by atoms with Crippen molar-refractivity contribution in [1.29, 1.82) is 0 Å². The predicted molar refractivity (Wildman–Crippen MR) is 122 cm³/mol. The standard InChI is InChI=1S/C19H18Cl4N2O4S/c1-4-29-17(28)13-9(2)14(10(3)26)30-16(13)25-18(19(21,22)23)24-15(27)11-5-7-12(20)8-6-11/h5-8,18,25H,4H2,1-3H3,(H,24,27)/t18-/m0/s1. The highest BCUT2D eigenvalue weighted by Gasteiger charge is 2.36. The van der Waals surface area contributed by atoms with Crippen LogP contribution in [0.4, 0.5) is 5.00 Å². The molecular formula is C19H18Cl4N2O4S. The van der Waals surface area contributed by atoms with Crippen LogP contribution >= 0.6 is 57.7 Å².